The standard InChI is InChI=1S/C24H50O4S.K/c1-2-3-4-5-6-7-8-9-10-12-15-18-21-24(25)22-19-16-13-11-14-17-20-23-29(26,27)28;/h24-25H,2-23H2,1H3,(H,26,27,28);/q;+1/p-1. The summed E-state index contributed by atoms with van der Waals surface area (Å²) < 4.78 is 31.5. The van der Waals surface area contributed by atoms with Crippen molar-refractivity contribution in [3.8, 4) is 0 Å². The van der Waals surface area contributed by atoms with Crippen LogP contribution in [0.3, 0.4) is 0 Å². The molecule has 0 spiro atoms. The monoisotopic (exact) mass is 472 g/mol. The molecule has 4 nitrogen and oxygen atoms in total. The molecule has 0 aliphatic carbocycles. The summed E-state index contributed by atoms with van der Waals surface area (Å²) in [6, 6.07) is 0. The normalized spacial score (nSPS) is 12.6. The summed E-state index contributed by atoms with van der Waals surface area (Å²) in [5.41, 5.74) is 0. The van der Waals surface area contributed by atoms with Crippen LogP contribution in [0.5, 0.6) is 0 Å². The van der Waals surface area contributed by atoms with Gasteiger partial charge >= 0.3 is 51.4 Å². The first kappa shape index (κ1) is 33.7. The fourth-order valence-electron chi connectivity index (χ4n) is 3.91. The van der Waals surface area contributed by atoms with Gasteiger partial charge in [0.1, 0.15) is 0 Å². The van der Waals surface area contributed by atoms with Crippen LogP contribution in [0.15, 0.2) is 0 Å². The van der Waals surface area contributed by atoms with E-state index in [1.165, 1.54) is 70.6 Å². The molecule has 0 aliphatic heterocycles. The number of rotatable bonds is 23. The summed E-state index contributed by atoms with van der Waals surface area (Å²) in [4.78, 5) is 0. The number of unbranched alkanes of at least 4 members (excludes halogenated alkanes) is 17. The molecule has 1 atom stereocenters. The largest absolute Gasteiger partial charge is 1.00 e. The Morgan fingerprint density at radius 3 is 1.23 bits per heavy atom. The third kappa shape index (κ3) is 29.5. The molecule has 0 bridgehead atoms. The Hall–Kier alpha value is 1.51. The van der Waals surface area contributed by atoms with Gasteiger partial charge in [-0.15, -0.1) is 0 Å². The van der Waals surface area contributed by atoms with E-state index in [4.69, 9.17) is 0 Å². The Labute approximate surface area is 230 Å². The molecule has 0 heterocycles. The van der Waals surface area contributed by atoms with E-state index in [-0.39, 0.29) is 63.2 Å². The minimum atomic E-state index is -4.03. The fourth-order valence-corrected chi connectivity index (χ4v) is 4.47. The summed E-state index contributed by atoms with van der Waals surface area (Å²) in [5.74, 6) is -0.224. The van der Waals surface area contributed by atoms with Crippen LogP contribution in [-0.4, -0.2) is 29.9 Å². The molecule has 0 fully saturated rings. The summed E-state index contributed by atoms with van der Waals surface area (Å²) in [6.07, 6.45) is 24.7. The van der Waals surface area contributed by atoms with Crippen molar-refractivity contribution in [2.45, 2.75) is 148 Å². The molecule has 0 aromatic rings. The van der Waals surface area contributed by atoms with Gasteiger partial charge in [-0.2, -0.15) is 0 Å². The molecule has 0 amide bonds. The van der Waals surface area contributed by atoms with Crippen LogP contribution in [0.4, 0.5) is 0 Å². The molecule has 1 N–H and O–H groups in total. The smallest absolute Gasteiger partial charge is 0.748 e. The summed E-state index contributed by atoms with van der Waals surface area (Å²) >= 11 is 0. The van der Waals surface area contributed by atoms with Gasteiger partial charge in [-0.05, 0) is 19.3 Å². The molecule has 0 saturated carbocycles. The van der Waals surface area contributed by atoms with Gasteiger partial charge < -0.3 is 9.66 Å². The summed E-state index contributed by atoms with van der Waals surface area (Å²) in [7, 11) is -4.03. The van der Waals surface area contributed by atoms with Crippen molar-refractivity contribution in [2.24, 2.45) is 0 Å². The van der Waals surface area contributed by atoms with E-state index in [0.717, 1.165) is 57.8 Å². The van der Waals surface area contributed by atoms with Crippen LogP contribution in [-0.2, 0) is 10.1 Å². The topological polar surface area (TPSA) is 77.4 Å². The van der Waals surface area contributed by atoms with Crippen molar-refractivity contribution < 1.29 is 69.5 Å². The first-order valence-electron chi connectivity index (χ1n) is 12.6. The van der Waals surface area contributed by atoms with Gasteiger partial charge in [0.2, 0.25) is 0 Å². The van der Waals surface area contributed by atoms with Crippen molar-refractivity contribution in [1.82, 2.24) is 0 Å². The number of aliphatic hydroxyl groups excluding tert-OH is 1. The van der Waals surface area contributed by atoms with Crippen LogP contribution in [0.1, 0.15) is 142 Å². The predicted molar refractivity (Wildman–Crippen MR) is 123 cm³/mol. The third-order valence-corrected chi connectivity index (χ3v) is 6.61. The van der Waals surface area contributed by atoms with E-state index in [1.807, 2.05) is 0 Å². The van der Waals surface area contributed by atoms with E-state index < -0.39 is 10.1 Å². The first-order chi connectivity index (χ1) is 14.0. The average Bonchev–Trinajstić information content (AvgIpc) is 2.66. The number of aliphatic hydroxyl groups is 1. The first-order valence-corrected chi connectivity index (χ1v) is 14.1. The van der Waals surface area contributed by atoms with Gasteiger partial charge in [-0.1, -0.05) is 122 Å². The van der Waals surface area contributed by atoms with Gasteiger partial charge in [0.15, 0.2) is 0 Å². The minimum Gasteiger partial charge on any atom is -0.748 e. The van der Waals surface area contributed by atoms with Crippen LogP contribution in [0, 0.1) is 0 Å². The average molecular weight is 473 g/mol. The van der Waals surface area contributed by atoms with Gasteiger partial charge in [-0.25, -0.2) is 8.42 Å². The van der Waals surface area contributed by atoms with Crippen molar-refractivity contribution >= 4 is 10.1 Å². The molecule has 0 aliphatic rings. The van der Waals surface area contributed by atoms with Gasteiger partial charge in [0, 0.05) is 5.75 Å². The minimum absolute atomic E-state index is 0. The zero-order valence-electron chi connectivity index (χ0n) is 20.2. The van der Waals surface area contributed by atoms with Crippen molar-refractivity contribution in [3.05, 3.63) is 0 Å². The fraction of sp³-hybridized carbons (Fsp3) is 1.00. The Morgan fingerprint density at radius 1 is 0.600 bits per heavy atom. The second kappa shape index (κ2) is 25.1. The van der Waals surface area contributed by atoms with E-state index in [1.54, 1.807) is 0 Å². The molecular weight excluding hydrogens is 423 g/mol. The van der Waals surface area contributed by atoms with Gasteiger partial charge in [-0.3, -0.25) is 0 Å². The van der Waals surface area contributed by atoms with Crippen LogP contribution in [0.2, 0.25) is 0 Å². The van der Waals surface area contributed by atoms with E-state index >= 15 is 0 Å². The van der Waals surface area contributed by atoms with E-state index in [9.17, 15) is 18.1 Å². The zero-order valence-corrected chi connectivity index (χ0v) is 24.2. The summed E-state index contributed by atoms with van der Waals surface area (Å²) in [6.45, 7) is 2.27. The maximum Gasteiger partial charge on any atom is 1.00 e. The molecule has 1 unspecified atom stereocenters. The molecule has 176 valence electrons. The zero-order chi connectivity index (χ0) is 21.6. The Morgan fingerprint density at radius 2 is 0.900 bits per heavy atom. The molecule has 0 radical (unpaired) electrons. The second-order valence-electron chi connectivity index (χ2n) is 8.86. The van der Waals surface area contributed by atoms with E-state index in [0.29, 0.717) is 6.42 Å². The maximum atomic E-state index is 10.5. The predicted octanol–water partition coefficient (Wildman–Crippen LogP) is 4.11. The van der Waals surface area contributed by atoms with Gasteiger partial charge in [0.05, 0.1) is 16.2 Å². The third-order valence-electron chi connectivity index (χ3n) is 5.82. The Balaban J connectivity index is 0. The molecular formula is C24H49KO4S. The van der Waals surface area contributed by atoms with Crippen molar-refractivity contribution in [2.75, 3.05) is 5.75 Å². The Bertz CT molecular complexity index is 429. The van der Waals surface area contributed by atoms with E-state index in [2.05, 4.69) is 6.92 Å². The molecule has 6 heteroatoms. The molecule has 30 heavy (non-hydrogen) atoms. The van der Waals surface area contributed by atoms with Crippen LogP contribution >= 0.6 is 0 Å². The SMILES string of the molecule is CCCCCCCCCCCCCCC(O)CCCCCCCCCS(=O)(=O)[O-].[K+]. The Kier molecular flexibility index (Phi) is 28.2. The molecule has 0 rings (SSSR count). The van der Waals surface area contributed by atoms with Gasteiger partial charge in [0.25, 0.3) is 0 Å². The van der Waals surface area contributed by atoms with Crippen LogP contribution < -0.4 is 51.4 Å². The molecule has 0 saturated heterocycles. The quantitative estimate of drug-likeness (QED) is 0.138. The molecule has 0 aromatic heterocycles. The van der Waals surface area contributed by atoms with Crippen molar-refractivity contribution in [1.29, 1.82) is 0 Å². The van der Waals surface area contributed by atoms with Crippen LogP contribution in [0.25, 0.3) is 0 Å². The maximum absolute atomic E-state index is 10.5. The second-order valence-corrected chi connectivity index (χ2v) is 10.4. The van der Waals surface area contributed by atoms with Crippen molar-refractivity contribution in [3.63, 3.8) is 0 Å². The summed E-state index contributed by atoms with van der Waals surface area (Å²) in [5, 5.41) is 10.1. The number of hydrogen-bond donors (Lipinski definition) is 1. The molecule has 0 aromatic carbocycles. The number of hydrogen-bond acceptors (Lipinski definition) is 4.